The van der Waals surface area contributed by atoms with Crippen molar-refractivity contribution in [1.29, 1.82) is 0 Å². The Morgan fingerprint density at radius 2 is 2.33 bits per heavy atom. The Labute approximate surface area is 79.6 Å². The molecule has 1 aliphatic heterocycles. The Morgan fingerprint density at radius 1 is 1.78 bits per heavy atom. The Hall–Kier alpha value is 0.534. The fourth-order valence-electron chi connectivity index (χ4n) is 0.621. The summed E-state index contributed by atoms with van der Waals surface area (Å²) < 4.78 is 4.72. The predicted octanol–water partition coefficient (Wildman–Crippen LogP) is -0.367. The molecule has 0 N–H and O–H groups in total. The van der Waals surface area contributed by atoms with Crippen molar-refractivity contribution in [2.45, 2.75) is 6.10 Å². The number of rotatable bonds is 1. The minimum Gasteiger partial charge on any atom is -0.493 e. The molecule has 1 rings (SSSR count). The molecule has 1 unspecified atom stereocenters. The molecule has 1 amide bonds. The van der Waals surface area contributed by atoms with Crippen LogP contribution in [0.25, 0.3) is 0 Å². The molecule has 1 saturated heterocycles. The zero-order valence-corrected chi connectivity index (χ0v) is 8.33. The summed E-state index contributed by atoms with van der Waals surface area (Å²) in [6.07, 6.45) is -0.278. The summed E-state index contributed by atoms with van der Waals surface area (Å²) in [6, 6.07) is 0. The van der Waals surface area contributed by atoms with Crippen molar-refractivity contribution in [2.75, 3.05) is 14.2 Å². The molecule has 0 saturated carbocycles. The molecule has 0 aromatic heterocycles. The van der Waals surface area contributed by atoms with E-state index in [9.17, 15) is 4.79 Å². The fraction of sp³-hybridized carbons (Fsp3) is 0.600. The fourth-order valence-corrected chi connectivity index (χ4v) is 0.621. The van der Waals surface area contributed by atoms with E-state index < -0.39 is 0 Å². The van der Waals surface area contributed by atoms with Gasteiger partial charge in [0.15, 0.2) is 5.91 Å². The van der Waals surface area contributed by atoms with E-state index in [0.29, 0.717) is 0 Å². The first-order valence-corrected chi connectivity index (χ1v) is 2.40. The standard InChI is InChI=1S/C5H8NO2.Y/c1-6-3-4(8-2)5(6)7;/h3-4H,1-2H3;/q-1;. The van der Waals surface area contributed by atoms with E-state index in [1.54, 1.807) is 13.6 Å². The zero-order chi connectivity index (χ0) is 6.15. The van der Waals surface area contributed by atoms with Crippen molar-refractivity contribution in [3.8, 4) is 0 Å². The van der Waals surface area contributed by atoms with E-state index in [1.807, 2.05) is 0 Å². The van der Waals surface area contributed by atoms with Crippen molar-refractivity contribution in [3.05, 3.63) is 6.54 Å². The average molecular weight is 203 g/mol. The minimum absolute atomic E-state index is 0. The number of amides is 1. The van der Waals surface area contributed by atoms with E-state index >= 15 is 0 Å². The van der Waals surface area contributed by atoms with Gasteiger partial charge in [-0.05, 0) is 7.05 Å². The molecule has 0 aliphatic carbocycles. The van der Waals surface area contributed by atoms with E-state index in [1.165, 1.54) is 12.0 Å². The smallest absolute Gasteiger partial charge is 0.192 e. The van der Waals surface area contributed by atoms with Gasteiger partial charge in [0, 0.05) is 45.9 Å². The second kappa shape index (κ2) is 3.64. The Kier molecular flexibility index (Phi) is 3.86. The maximum atomic E-state index is 10.6. The van der Waals surface area contributed by atoms with Gasteiger partial charge >= 0.3 is 0 Å². The third-order valence-electron chi connectivity index (χ3n) is 1.20. The Bertz CT molecular complexity index is 118. The molecule has 1 atom stereocenters. The van der Waals surface area contributed by atoms with Crippen LogP contribution in [-0.2, 0) is 42.2 Å². The summed E-state index contributed by atoms with van der Waals surface area (Å²) >= 11 is 0. The molecule has 0 aromatic carbocycles. The summed E-state index contributed by atoms with van der Waals surface area (Å²) in [5.41, 5.74) is 0. The number of likely N-dealkylation sites (N-methyl/N-ethyl adjacent to an activating group) is 1. The molecule has 3 nitrogen and oxygen atoms in total. The second-order valence-corrected chi connectivity index (χ2v) is 1.75. The number of hydrogen-bond acceptors (Lipinski definition) is 2. The van der Waals surface area contributed by atoms with Crippen LogP contribution in [0.15, 0.2) is 0 Å². The molecule has 1 radical (unpaired) electrons. The van der Waals surface area contributed by atoms with Crippen LogP contribution in [0, 0.1) is 6.54 Å². The van der Waals surface area contributed by atoms with Crippen LogP contribution >= 0.6 is 0 Å². The average Bonchev–Trinajstić information content (AvgIpc) is 1.81. The minimum atomic E-state index is -0.278. The molecule has 0 bridgehead atoms. The summed E-state index contributed by atoms with van der Waals surface area (Å²) in [5.74, 6) is 0.0347. The normalized spacial score (nSPS) is 24.9. The number of β-lactam (4-membered cyclic amide) rings is 1. The zero-order valence-electron chi connectivity index (χ0n) is 5.50. The third-order valence-corrected chi connectivity index (χ3v) is 1.20. The first-order valence-electron chi connectivity index (χ1n) is 2.40. The van der Waals surface area contributed by atoms with Crippen LogP contribution < -0.4 is 0 Å². The number of likely N-dealkylation sites (tertiary alicyclic amines) is 1. The van der Waals surface area contributed by atoms with E-state index in [4.69, 9.17) is 4.74 Å². The van der Waals surface area contributed by atoms with Gasteiger partial charge in [0.2, 0.25) is 0 Å². The van der Waals surface area contributed by atoms with Crippen molar-refractivity contribution < 1.29 is 42.2 Å². The molecule has 49 valence electrons. The van der Waals surface area contributed by atoms with E-state index in [0.717, 1.165) is 0 Å². The summed E-state index contributed by atoms with van der Waals surface area (Å²) in [4.78, 5) is 12.1. The number of nitrogens with zero attached hydrogens (tertiary/aromatic N) is 1. The number of carbonyl (C=O) groups is 1. The molecular formula is C5H8NO2Y-. The first-order chi connectivity index (χ1) is 3.75. The van der Waals surface area contributed by atoms with Crippen molar-refractivity contribution >= 4 is 5.91 Å². The van der Waals surface area contributed by atoms with Crippen LogP contribution in [0.3, 0.4) is 0 Å². The summed E-state index contributed by atoms with van der Waals surface area (Å²) in [7, 11) is 3.23. The van der Waals surface area contributed by atoms with Crippen molar-refractivity contribution in [2.24, 2.45) is 0 Å². The van der Waals surface area contributed by atoms with Crippen molar-refractivity contribution in [3.63, 3.8) is 0 Å². The molecular weight excluding hydrogens is 195 g/mol. The Balaban J connectivity index is 0.000000640. The number of hydrogen-bond donors (Lipinski definition) is 0. The van der Waals surface area contributed by atoms with Gasteiger partial charge in [-0.2, -0.15) is 0 Å². The van der Waals surface area contributed by atoms with Gasteiger partial charge in [-0.25, -0.2) is 6.54 Å². The first kappa shape index (κ1) is 9.53. The van der Waals surface area contributed by atoms with Gasteiger partial charge in [-0.15, -0.1) is 0 Å². The van der Waals surface area contributed by atoms with E-state index in [-0.39, 0.29) is 44.7 Å². The molecule has 9 heavy (non-hydrogen) atoms. The van der Waals surface area contributed by atoms with Gasteiger partial charge < -0.3 is 9.64 Å². The largest absolute Gasteiger partial charge is 0.493 e. The maximum absolute atomic E-state index is 10.6. The van der Waals surface area contributed by atoms with Crippen LogP contribution in [0.2, 0.25) is 0 Å². The van der Waals surface area contributed by atoms with Crippen LogP contribution in [0.5, 0.6) is 0 Å². The van der Waals surface area contributed by atoms with Gasteiger partial charge in [-0.3, -0.25) is 4.79 Å². The molecule has 1 aliphatic rings. The van der Waals surface area contributed by atoms with Crippen molar-refractivity contribution in [1.82, 2.24) is 4.90 Å². The van der Waals surface area contributed by atoms with Crippen LogP contribution in [0.1, 0.15) is 0 Å². The van der Waals surface area contributed by atoms with E-state index in [2.05, 4.69) is 0 Å². The number of methoxy groups -OCH3 is 1. The SMILES string of the molecule is COC1[CH-]N(C)C1=O.[Y]. The van der Waals surface area contributed by atoms with Gasteiger partial charge in [-0.1, -0.05) is 0 Å². The van der Waals surface area contributed by atoms with Gasteiger partial charge in [0.1, 0.15) is 0 Å². The van der Waals surface area contributed by atoms with Crippen LogP contribution in [0.4, 0.5) is 0 Å². The molecule has 4 heteroatoms. The number of carbonyl (C=O) groups excluding carboxylic acids is 1. The topological polar surface area (TPSA) is 29.5 Å². The number of ether oxygens (including phenoxy) is 1. The quantitative estimate of drug-likeness (QED) is 0.430. The monoisotopic (exact) mass is 203 g/mol. The molecule has 0 spiro atoms. The maximum Gasteiger partial charge on any atom is 0.192 e. The summed E-state index contributed by atoms with van der Waals surface area (Å²) in [5, 5.41) is 0. The van der Waals surface area contributed by atoms with Gasteiger partial charge in [0.25, 0.3) is 0 Å². The molecule has 0 aromatic rings. The van der Waals surface area contributed by atoms with Crippen LogP contribution in [-0.4, -0.2) is 31.1 Å². The predicted molar refractivity (Wildman–Crippen MR) is 27.9 cm³/mol. The molecule has 1 fully saturated rings. The summed E-state index contributed by atoms with van der Waals surface area (Å²) in [6.45, 7) is 1.72. The van der Waals surface area contributed by atoms with Gasteiger partial charge in [0.05, 0.1) is 0 Å². The Morgan fingerprint density at radius 3 is 2.44 bits per heavy atom. The second-order valence-electron chi connectivity index (χ2n) is 1.75. The third kappa shape index (κ3) is 1.72. The molecule has 1 heterocycles.